The zero-order valence-electron chi connectivity index (χ0n) is 10.6. The lowest BCUT2D eigenvalue weighted by atomic mass is 10.1. The number of hydrogen-bond acceptors (Lipinski definition) is 1. The number of hydrogen-bond donors (Lipinski definition) is 3. The van der Waals surface area contributed by atoms with Gasteiger partial charge in [0.05, 0.1) is 5.69 Å². The van der Waals surface area contributed by atoms with Crippen LogP contribution in [-0.2, 0) is 0 Å². The zero-order valence-corrected chi connectivity index (χ0v) is 11.4. The van der Waals surface area contributed by atoms with Crippen molar-refractivity contribution < 1.29 is 0 Å². The molecule has 102 valence electrons. The van der Waals surface area contributed by atoms with Crippen LogP contribution in [0.25, 0.3) is 11.1 Å². The molecule has 0 unspecified atom stereocenters. The molecule has 0 heterocycles. The van der Waals surface area contributed by atoms with Crippen LogP contribution in [0, 0.1) is 0 Å². The number of benzene rings is 2. The van der Waals surface area contributed by atoms with Crippen molar-refractivity contribution in [3.63, 3.8) is 0 Å². The van der Waals surface area contributed by atoms with Gasteiger partial charge in [-0.3, -0.25) is 0 Å². The Hall–Kier alpha value is -2.53. The Balaban J connectivity index is 2.25. The predicted molar refractivity (Wildman–Crippen MR) is 84.0 cm³/mol. The van der Waals surface area contributed by atoms with Crippen molar-refractivity contribution in [1.82, 2.24) is 0 Å². The highest BCUT2D eigenvalue weighted by molar-refractivity contribution is 6.30. The molecule has 0 radical (unpaired) electrons. The van der Waals surface area contributed by atoms with Gasteiger partial charge in [-0.05, 0) is 35.4 Å². The zero-order chi connectivity index (χ0) is 14.5. The molecule has 0 amide bonds. The first-order valence-electron chi connectivity index (χ1n) is 5.84. The average molecular weight is 288 g/mol. The molecule has 0 aliphatic rings. The lowest BCUT2D eigenvalue weighted by Gasteiger charge is -2.03. The Morgan fingerprint density at radius 2 is 1.60 bits per heavy atom. The maximum absolute atomic E-state index is 5.97. The molecule has 20 heavy (non-hydrogen) atoms. The van der Waals surface area contributed by atoms with E-state index in [1.54, 1.807) is 0 Å². The molecular weight excluding hydrogens is 274 g/mol. The number of nitrogens with zero attached hydrogens (tertiary/aromatic N) is 2. The topological polar surface area (TPSA) is 103 Å². The smallest absolute Gasteiger partial charge is 0.223 e. The van der Waals surface area contributed by atoms with Gasteiger partial charge >= 0.3 is 0 Å². The van der Waals surface area contributed by atoms with Crippen LogP contribution < -0.4 is 17.2 Å². The fourth-order valence-electron chi connectivity index (χ4n) is 1.69. The summed E-state index contributed by atoms with van der Waals surface area (Å²) in [7, 11) is 0. The van der Waals surface area contributed by atoms with Gasteiger partial charge in [-0.1, -0.05) is 35.9 Å². The first-order valence-corrected chi connectivity index (χ1v) is 6.22. The summed E-state index contributed by atoms with van der Waals surface area (Å²) in [6, 6.07) is 15.1. The van der Waals surface area contributed by atoms with E-state index in [1.165, 1.54) is 0 Å². The van der Waals surface area contributed by atoms with E-state index >= 15 is 0 Å². The van der Waals surface area contributed by atoms with E-state index in [9.17, 15) is 0 Å². The van der Waals surface area contributed by atoms with Gasteiger partial charge in [-0.15, -0.1) is 0 Å². The van der Waals surface area contributed by atoms with E-state index in [0.29, 0.717) is 10.7 Å². The second kappa shape index (κ2) is 6.08. The third kappa shape index (κ3) is 3.73. The third-order valence-electron chi connectivity index (χ3n) is 2.51. The number of guanidine groups is 2. The molecule has 0 atom stereocenters. The summed E-state index contributed by atoms with van der Waals surface area (Å²) in [5.41, 5.74) is 18.7. The van der Waals surface area contributed by atoms with E-state index in [4.69, 9.17) is 28.8 Å². The number of rotatable bonds is 2. The Kier molecular flexibility index (Phi) is 4.22. The molecule has 0 bridgehead atoms. The average Bonchev–Trinajstić information content (AvgIpc) is 2.38. The maximum Gasteiger partial charge on any atom is 0.223 e. The van der Waals surface area contributed by atoms with Gasteiger partial charge in [-0.25, -0.2) is 4.99 Å². The van der Waals surface area contributed by atoms with Crippen molar-refractivity contribution in [2.24, 2.45) is 27.2 Å². The van der Waals surface area contributed by atoms with Gasteiger partial charge in [0.1, 0.15) is 0 Å². The molecular formula is C14H14ClN5. The van der Waals surface area contributed by atoms with Gasteiger partial charge < -0.3 is 17.2 Å². The van der Waals surface area contributed by atoms with Gasteiger partial charge in [0.15, 0.2) is 5.96 Å². The lowest BCUT2D eigenvalue weighted by molar-refractivity contribution is 1.38. The quantitative estimate of drug-likeness (QED) is 0.583. The minimum Gasteiger partial charge on any atom is -0.370 e. The van der Waals surface area contributed by atoms with Crippen molar-refractivity contribution >= 4 is 29.2 Å². The number of aliphatic imine (C=N–C) groups is 2. The van der Waals surface area contributed by atoms with Crippen molar-refractivity contribution in [1.29, 1.82) is 0 Å². The van der Waals surface area contributed by atoms with Crippen molar-refractivity contribution in [2.45, 2.75) is 0 Å². The molecule has 6 heteroatoms. The largest absolute Gasteiger partial charge is 0.370 e. The van der Waals surface area contributed by atoms with Crippen LogP contribution >= 0.6 is 11.6 Å². The standard InChI is InChI=1S/C14H14ClN5/c15-11-3-1-2-10(8-11)9-4-6-12(7-5-9)19-14(18)20-13(16)17/h1-8H,(H6,16,17,18,19,20). The maximum atomic E-state index is 5.97. The van der Waals surface area contributed by atoms with E-state index in [-0.39, 0.29) is 11.9 Å². The fourth-order valence-corrected chi connectivity index (χ4v) is 1.88. The first kappa shape index (κ1) is 13.9. The van der Waals surface area contributed by atoms with E-state index in [2.05, 4.69) is 9.98 Å². The minimum absolute atomic E-state index is 0.0144. The number of nitrogens with two attached hydrogens (primary N) is 3. The molecule has 0 aromatic heterocycles. The molecule has 6 N–H and O–H groups in total. The molecule has 0 saturated carbocycles. The molecule has 2 aromatic rings. The molecule has 2 aromatic carbocycles. The molecule has 5 nitrogen and oxygen atoms in total. The van der Waals surface area contributed by atoms with Crippen molar-refractivity contribution in [3.05, 3.63) is 53.6 Å². The Bertz CT molecular complexity index is 658. The Labute approximate surface area is 121 Å². The summed E-state index contributed by atoms with van der Waals surface area (Å²) in [6.07, 6.45) is 0. The minimum atomic E-state index is -0.123. The second-order valence-electron chi connectivity index (χ2n) is 4.06. The lowest BCUT2D eigenvalue weighted by Crippen LogP contribution is -2.26. The summed E-state index contributed by atoms with van der Waals surface area (Å²) in [4.78, 5) is 7.72. The molecule has 0 saturated heterocycles. The highest BCUT2D eigenvalue weighted by atomic mass is 35.5. The number of halogens is 1. The van der Waals surface area contributed by atoms with Gasteiger partial charge in [0.25, 0.3) is 0 Å². The van der Waals surface area contributed by atoms with Crippen LogP contribution in [0.15, 0.2) is 58.5 Å². The summed E-state index contributed by atoms with van der Waals surface area (Å²) < 4.78 is 0. The molecule has 0 spiro atoms. The molecule has 0 fully saturated rings. The van der Waals surface area contributed by atoms with Gasteiger partial charge in [0.2, 0.25) is 5.96 Å². The molecule has 2 rings (SSSR count). The van der Waals surface area contributed by atoms with Gasteiger partial charge in [0, 0.05) is 5.02 Å². The van der Waals surface area contributed by atoms with E-state index in [0.717, 1.165) is 11.1 Å². The highest BCUT2D eigenvalue weighted by Crippen LogP contribution is 2.24. The fraction of sp³-hybridized carbons (Fsp3) is 0. The van der Waals surface area contributed by atoms with Crippen LogP contribution in [0.4, 0.5) is 5.69 Å². The molecule has 0 aliphatic heterocycles. The second-order valence-corrected chi connectivity index (χ2v) is 4.50. The third-order valence-corrected chi connectivity index (χ3v) is 2.75. The first-order chi connectivity index (χ1) is 9.54. The van der Waals surface area contributed by atoms with Crippen LogP contribution in [0.1, 0.15) is 0 Å². The Morgan fingerprint density at radius 3 is 2.20 bits per heavy atom. The van der Waals surface area contributed by atoms with Crippen LogP contribution in [-0.4, -0.2) is 11.9 Å². The normalized spacial score (nSPS) is 11.2. The SMILES string of the molecule is NC(N)=NC(N)=Nc1ccc(-c2cccc(Cl)c2)cc1. The monoisotopic (exact) mass is 287 g/mol. The van der Waals surface area contributed by atoms with Crippen LogP contribution in [0.2, 0.25) is 5.02 Å². The van der Waals surface area contributed by atoms with Crippen molar-refractivity contribution in [3.8, 4) is 11.1 Å². The van der Waals surface area contributed by atoms with Crippen LogP contribution in [0.3, 0.4) is 0 Å². The summed E-state index contributed by atoms with van der Waals surface area (Å²) in [5.74, 6) is -0.109. The predicted octanol–water partition coefficient (Wildman–Crippen LogP) is 2.23. The van der Waals surface area contributed by atoms with Crippen molar-refractivity contribution in [2.75, 3.05) is 0 Å². The summed E-state index contributed by atoms with van der Waals surface area (Å²) >= 11 is 5.97. The van der Waals surface area contributed by atoms with E-state index in [1.807, 2.05) is 48.5 Å². The highest BCUT2D eigenvalue weighted by Gasteiger charge is 1.99. The summed E-state index contributed by atoms with van der Waals surface area (Å²) in [6.45, 7) is 0. The van der Waals surface area contributed by atoms with Gasteiger partial charge in [-0.2, -0.15) is 4.99 Å². The summed E-state index contributed by atoms with van der Waals surface area (Å²) in [5, 5.41) is 0.696. The van der Waals surface area contributed by atoms with E-state index < -0.39 is 0 Å². The van der Waals surface area contributed by atoms with Crippen LogP contribution in [0.5, 0.6) is 0 Å². The molecule has 0 aliphatic carbocycles. The Morgan fingerprint density at radius 1 is 0.900 bits per heavy atom.